The Morgan fingerprint density at radius 2 is 1.68 bits per heavy atom. The fraction of sp³-hybridized carbons (Fsp3) is 0.0500. The van der Waals surface area contributed by atoms with Crippen LogP contribution in [0.1, 0.15) is 0 Å². The molecule has 0 atom stereocenters. The molecule has 0 fully saturated rings. The van der Waals surface area contributed by atoms with Crippen LogP contribution in [0, 0.1) is 0 Å². The maximum atomic E-state index is 5.87. The van der Waals surface area contributed by atoms with Crippen LogP contribution in [0.4, 0.5) is 5.82 Å². The number of fused-ring (bicyclic) bond motifs is 1. The summed E-state index contributed by atoms with van der Waals surface area (Å²) >= 11 is 0. The Morgan fingerprint density at radius 1 is 0.840 bits per heavy atom. The quantitative estimate of drug-likeness (QED) is 0.616. The molecule has 2 aromatic heterocycles. The fourth-order valence-electron chi connectivity index (χ4n) is 2.78. The zero-order valence-corrected chi connectivity index (χ0v) is 13.7. The minimum absolute atomic E-state index is 0.398. The van der Waals surface area contributed by atoms with Gasteiger partial charge in [-0.15, -0.1) is 0 Å². The number of nitrogens with two attached hydrogens (primary N) is 1. The zero-order chi connectivity index (χ0) is 17.2. The van der Waals surface area contributed by atoms with Gasteiger partial charge in [0.2, 0.25) is 5.88 Å². The molecular weight excluding hydrogens is 312 g/mol. The first-order chi connectivity index (χ1) is 12.2. The van der Waals surface area contributed by atoms with E-state index in [2.05, 4.69) is 21.0 Å². The van der Waals surface area contributed by atoms with Crippen molar-refractivity contribution < 1.29 is 4.74 Å². The summed E-state index contributed by atoms with van der Waals surface area (Å²) in [4.78, 5) is 13.5. The molecule has 0 saturated heterocycles. The highest BCUT2D eigenvalue weighted by Gasteiger charge is 2.12. The Balaban J connectivity index is 1.88. The third-order valence-corrected chi connectivity index (χ3v) is 3.98. The Morgan fingerprint density at radius 3 is 2.48 bits per heavy atom. The third-order valence-electron chi connectivity index (χ3n) is 3.98. The standard InChI is InChI=1S/C20H16N4O/c1-25-18-10-8-14-11-15(7-9-16(14)23-18)19-20(24-17(21)12-22-19)13-5-3-2-4-6-13/h2-12H,1H3,(H2,21,24). The van der Waals surface area contributed by atoms with E-state index in [0.717, 1.165) is 33.4 Å². The highest BCUT2D eigenvalue weighted by atomic mass is 16.5. The molecule has 2 aromatic carbocycles. The molecule has 2 heterocycles. The molecule has 5 heteroatoms. The second-order valence-electron chi connectivity index (χ2n) is 5.62. The van der Waals surface area contributed by atoms with Crippen LogP contribution in [0.15, 0.2) is 66.9 Å². The van der Waals surface area contributed by atoms with Crippen LogP contribution >= 0.6 is 0 Å². The van der Waals surface area contributed by atoms with Gasteiger partial charge in [0.05, 0.1) is 30.2 Å². The normalized spacial score (nSPS) is 10.8. The number of hydrogen-bond acceptors (Lipinski definition) is 5. The molecule has 0 aliphatic rings. The maximum absolute atomic E-state index is 5.87. The summed E-state index contributed by atoms with van der Waals surface area (Å²) < 4.78 is 5.18. The van der Waals surface area contributed by atoms with Gasteiger partial charge in [0, 0.05) is 22.6 Å². The average Bonchev–Trinajstić information content (AvgIpc) is 2.68. The second-order valence-corrected chi connectivity index (χ2v) is 5.62. The van der Waals surface area contributed by atoms with Crippen molar-refractivity contribution in [1.82, 2.24) is 15.0 Å². The molecule has 4 aromatic rings. The molecule has 25 heavy (non-hydrogen) atoms. The summed E-state index contributed by atoms with van der Waals surface area (Å²) in [6.45, 7) is 0. The van der Waals surface area contributed by atoms with Crippen molar-refractivity contribution >= 4 is 16.7 Å². The number of benzene rings is 2. The highest BCUT2D eigenvalue weighted by molar-refractivity contribution is 5.87. The maximum Gasteiger partial charge on any atom is 0.213 e. The molecule has 0 radical (unpaired) electrons. The van der Waals surface area contributed by atoms with Crippen molar-refractivity contribution in [3.05, 3.63) is 66.9 Å². The van der Waals surface area contributed by atoms with Crippen molar-refractivity contribution in [2.45, 2.75) is 0 Å². The molecule has 2 N–H and O–H groups in total. The lowest BCUT2D eigenvalue weighted by Gasteiger charge is -2.10. The van der Waals surface area contributed by atoms with Crippen molar-refractivity contribution in [2.75, 3.05) is 12.8 Å². The van der Waals surface area contributed by atoms with Gasteiger partial charge in [0.15, 0.2) is 0 Å². The van der Waals surface area contributed by atoms with Crippen LogP contribution in [0.3, 0.4) is 0 Å². The summed E-state index contributed by atoms with van der Waals surface area (Å²) in [5.74, 6) is 0.993. The van der Waals surface area contributed by atoms with Gasteiger partial charge in [-0.25, -0.2) is 9.97 Å². The van der Waals surface area contributed by atoms with Crippen LogP contribution in [-0.2, 0) is 0 Å². The third kappa shape index (κ3) is 2.87. The van der Waals surface area contributed by atoms with E-state index in [1.807, 2.05) is 54.6 Å². The number of nitrogens with zero attached hydrogens (tertiary/aromatic N) is 3. The molecule has 5 nitrogen and oxygen atoms in total. The lowest BCUT2D eigenvalue weighted by Crippen LogP contribution is -1.98. The molecule has 0 unspecified atom stereocenters. The molecule has 4 rings (SSSR count). The van der Waals surface area contributed by atoms with Crippen LogP contribution < -0.4 is 10.5 Å². The van der Waals surface area contributed by atoms with Crippen molar-refractivity contribution in [1.29, 1.82) is 0 Å². The van der Waals surface area contributed by atoms with E-state index in [0.29, 0.717) is 11.7 Å². The second kappa shape index (κ2) is 6.20. The molecule has 0 aliphatic heterocycles. The van der Waals surface area contributed by atoms with Crippen LogP contribution in [0.5, 0.6) is 5.88 Å². The molecular formula is C20H16N4O. The van der Waals surface area contributed by atoms with Crippen LogP contribution in [0.2, 0.25) is 0 Å². The Hall–Kier alpha value is -3.47. The lowest BCUT2D eigenvalue weighted by atomic mass is 10.0. The summed E-state index contributed by atoms with van der Waals surface area (Å²) in [5, 5.41) is 1.01. The van der Waals surface area contributed by atoms with Gasteiger partial charge in [0.25, 0.3) is 0 Å². The summed E-state index contributed by atoms with van der Waals surface area (Å²) in [7, 11) is 1.61. The number of nitrogen functional groups attached to an aromatic ring is 1. The molecule has 0 amide bonds. The van der Waals surface area contributed by atoms with E-state index >= 15 is 0 Å². The Bertz CT molecular complexity index is 1050. The number of hydrogen-bond donors (Lipinski definition) is 1. The SMILES string of the molecule is COc1ccc2cc(-c3ncc(N)nc3-c3ccccc3)ccc2n1. The molecule has 0 spiro atoms. The predicted molar refractivity (Wildman–Crippen MR) is 99.2 cm³/mol. The topological polar surface area (TPSA) is 73.9 Å². The monoisotopic (exact) mass is 328 g/mol. The summed E-state index contributed by atoms with van der Waals surface area (Å²) in [6, 6.07) is 19.7. The number of rotatable bonds is 3. The van der Waals surface area contributed by atoms with Crippen molar-refractivity contribution in [3.63, 3.8) is 0 Å². The number of anilines is 1. The number of aromatic nitrogens is 3. The smallest absolute Gasteiger partial charge is 0.213 e. The molecule has 122 valence electrons. The summed E-state index contributed by atoms with van der Waals surface area (Å²) in [6.07, 6.45) is 1.58. The van der Waals surface area contributed by atoms with Gasteiger partial charge >= 0.3 is 0 Å². The van der Waals surface area contributed by atoms with Crippen molar-refractivity contribution in [3.8, 4) is 28.4 Å². The first-order valence-electron chi connectivity index (χ1n) is 7.88. The number of methoxy groups -OCH3 is 1. The van der Waals surface area contributed by atoms with Crippen LogP contribution in [-0.4, -0.2) is 22.1 Å². The Labute approximate surface area is 145 Å². The Kier molecular flexibility index (Phi) is 3.74. The van der Waals surface area contributed by atoms with E-state index < -0.39 is 0 Å². The number of ether oxygens (including phenoxy) is 1. The minimum atomic E-state index is 0.398. The van der Waals surface area contributed by atoms with Gasteiger partial charge in [-0.1, -0.05) is 36.4 Å². The number of pyridine rings is 1. The zero-order valence-electron chi connectivity index (χ0n) is 13.7. The molecule has 0 aliphatic carbocycles. The van der Waals surface area contributed by atoms with Crippen LogP contribution in [0.25, 0.3) is 33.4 Å². The summed E-state index contributed by atoms with van der Waals surface area (Å²) in [5.41, 5.74) is 10.2. The average molecular weight is 328 g/mol. The van der Waals surface area contributed by atoms with E-state index in [4.69, 9.17) is 10.5 Å². The first-order valence-corrected chi connectivity index (χ1v) is 7.88. The van der Waals surface area contributed by atoms with E-state index in [-0.39, 0.29) is 0 Å². The minimum Gasteiger partial charge on any atom is -0.481 e. The van der Waals surface area contributed by atoms with E-state index in [9.17, 15) is 0 Å². The lowest BCUT2D eigenvalue weighted by molar-refractivity contribution is 0.399. The fourth-order valence-corrected chi connectivity index (χ4v) is 2.78. The molecule has 0 saturated carbocycles. The van der Waals surface area contributed by atoms with Gasteiger partial charge in [0.1, 0.15) is 5.82 Å². The predicted octanol–water partition coefficient (Wildman–Crippen LogP) is 3.95. The van der Waals surface area contributed by atoms with Gasteiger partial charge < -0.3 is 10.5 Å². The highest BCUT2D eigenvalue weighted by Crippen LogP contribution is 2.31. The van der Waals surface area contributed by atoms with Gasteiger partial charge in [-0.3, -0.25) is 4.98 Å². The van der Waals surface area contributed by atoms with E-state index in [1.54, 1.807) is 13.3 Å². The molecule has 0 bridgehead atoms. The first kappa shape index (κ1) is 15.1. The van der Waals surface area contributed by atoms with Gasteiger partial charge in [-0.2, -0.15) is 0 Å². The van der Waals surface area contributed by atoms with E-state index in [1.165, 1.54) is 0 Å². The van der Waals surface area contributed by atoms with Crippen molar-refractivity contribution in [2.24, 2.45) is 0 Å². The largest absolute Gasteiger partial charge is 0.481 e. The van der Waals surface area contributed by atoms with Gasteiger partial charge in [-0.05, 0) is 18.2 Å².